The van der Waals surface area contributed by atoms with Crippen LogP contribution in [0.1, 0.15) is 38.1 Å². The molecule has 0 atom stereocenters. The normalized spacial score (nSPS) is 8.67. The maximum atomic E-state index is 4.31. The lowest BCUT2D eigenvalue weighted by Crippen LogP contribution is -1.74. The summed E-state index contributed by atoms with van der Waals surface area (Å²) in [5, 5.41) is 0. The third kappa shape index (κ3) is 3.31. The second-order valence-electron chi connectivity index (χ2n) is 2.63. The molecule has 2 heteroatoms. The summed E-state index contributed by atoms with van der Waals surface area (Å²) >= 11 is 1.82. The zero-order valence-corrected chi connectivity index (χ0v) is 11.4. The number of thiophene rings is 1. The number of aromatic nitrogens is 1. The number of pyridine rings is 1. The second-order valence-corrected chi connectivity index (χ2v) is 3.89. The van der Waals surface area contributed by atoms with Gasteiger partial charge in [0.1, 0.15) is 0 Å². The highest BCUT2D eigenvalue weighted by atomic mass is 32.1. The highest BCUT2D eigenvalue weighted by Crippen LogP contribution is 2.27. The topological polar surface area (TPSA) is 12.9 Å². The standard InChI is InChI=1S/C9H9NS.2C2H6/c1-6-7(2)11-8-4-3-5-10-9(6)8;2*1-2/h3-5H,1-2H3;2*1-2H3. The summed E-state index contributed by atoms with van der Waals surface area (Å²) in [6.07, 6.45) is 1.85. The van der Waals surface area contributed by atoms with Crippen molar-refractivity contribution in [2.45, 2.75) is 41.5 Å². The fourth-order valence-corrected chi connectivity index (χ4v) is 2.19. The molecule has 0 N–H and O–H groups in total. The lowest BCUT2D eigenvalue weighted by Gasteiger charge is -1.87. The Balaban J connectivity index is 0.000000442. The minimum atomic E-state index is 1.16. The van der Waals surface area contributed by atoms with Gasteiger partial charge in [-0.2, -0.15) is 0 Å². The molecule has 2 heterocycles. The van der Waals surface area contributed by atoms with Crippen molar-refractivity contribution in [2.24, 2.45) is 0 Å². The van der Waals surface area contributed by atoms with Crippen molar-refractivity contribution in [1.29, 1.82) is 0 Å². The van der Waals surface area contributed by atoms with Gasteiger partial charge in [-0.05, 0) is 31.5 Å². The van der Waals surface area contributed by atoms with Crippen LogP contribution in [0.25, 0.3) is 10.2 Å². The molecule has 0 fully saturated rings. The van der Waals surface area contributed by atoms with Gasteiger partial charge in [0.25, 0.3) is 0 Å². The molecule has 0 aliphatic rings. The molecule has 0 unspecified atom stereocenters. The Labute approximate surface area is 97.2 Å². The Morgan fingerprint density at radius 3 is 2.20 bits per heavy atom. The molecular weight excluding hydrogens is 202 g/mol. The van der Waals surface area contributed by atoms with E-state index in [2.05, 4.69) is 24.9 Å². The number of fused-ring (bicyclic) bond motifs is 1. The van der Waals surface area contributed by atoms with Gasteiger partial charge in [0.15, 0.2) is 0 Å². The minimum Gasteiger partial charge on any atom is -0.255 e. The molecule has 1 nitrogen and oxygen atoms in total. The highest BCUT2D eigenvalue weighted by molar-refractivity contribution is 7.19. The van der Waals surface area contributed by atoms with Gasteiger partial charge in [-0.3, -0.25) is 4.98 Å². The van der Waals surface area contributed by atoms with Crippen molar-refractivity contribution in [1.82, 2.24) is 4.98 Å². The zero-order chi connectivity index (χ0) is 11.8. The van der Waals surface area contributed by atoms with E-state index in [1.165, 1.54) is 15.1 Å². The third-order valence-electron chi connectivity index (χ3n) is 1.92. The first kappa shape index (κ1) is 14.1. The van der Waals surface area contributed by atoms with Crippen LogP contribution in [0.5, 0.6) is 0 Å². The summed E-state index contributed by atoms with van der Waals surface area (Å²) in [5.41, 5.74) is 2.49. The molecule has 0 aliphatic carbocycles. The highest BCUT2D eigenvalue weighted by Gasteiger charge is 2.03. The van der Waals surface area contributed by atoms with Crippen LogP contribution < -0.4 is 0 Å². The Kier molecular flexibility index (Phi) is 6.97. The molecule has 0 aliphatic heterocycles. The van der Waals surface area contributed by atoms with Gasteiger partial charge in [-0.1, -0.05) is 27.7 Å². The molecule has 0 aromatic carbocycles. The number of aryl methyl sites for hydroxylation is 2. The molecule has 0 saturated carbocycles. The smallest absolute Gasteiger partial charge is 0.0841 e. The van der Waals surface area contributed by atoms with Crippen LogP contribution in [0.2, 0.25) is 0 Å². The number of hydrogen-bond acceptors (Lipinski definition) is 2. The first-order valence-electron chi connectivity index (χ1n) is 5.60. The van der Waals surface area contributed by atoms with Crippen molar-refractivity contribution in [3.63, 3.8) is 0 Å². The van der Waals surface area contributed by atoms with E-state index in [4.69, 9.17) is 0 Å². The van der Waals surface area contributed by atoms with Gasteiger partial charge in [0.2, 0.25) is 0 Å². The Morgan fingerprint density at radius 1 is 1.07 bits per heavy atom. The lowest BCUT2D eigenvalue weighted by atomic mass is 10.2. The molecule has 0 saturated heterocycles. The maximum Gasteiger partial charge on any atom is 0.0841 e. The van der Waals surface area contributed by atoms with Gasteiger partial charge in [-0.15, -0.1) is 11.3 Å². The van der Waals surface area contributed by atoms with E-state index < -0.39 is 0 Å². The predicted molar refractivity (Wildman–Crippen MR) is 71.8 cm³/mol. The monoisotopic (exact) mass is 223 g/mol. The van der Waals surface area contributed by atoms with E-state index in [-0.39, 0.29) is 0 Å². The summed E-state index contributed by atoms with van der Waals surface area (Å²) in [6, 6.07) is 4.10. The quantitative estimate of drug-likeness (QED) is 0.614. The summed E-state index contributed by atoms with van der Waals surface area (Å²) in [6.45, 7) is 12.3. The van der Waals surface area contributed by atoms with Crippen LogP contribution >= 0.6 is 11.3 Å². The fourth-order valence-electron chi connectivity index (χ4n) is 1.16. The molecule has 0 radical (unpaired) electrons. The lowest BCUT2D eigenvalue weighted by molar-refractivity contribution is 1.37. The Morgan fingerprint density at radius 2 is 1.67 bits per heavy atom. The number of nitrogens with zero attached hydrogens (tertiary/aromatic N) is 1. The van der Waals surface area contributed by atoms with Gasteiger partial charge in [0.05, 0.1) is 10.2 Å². The summed E-state index contributed by atoms with van der Waals surface area (Å²) in [7, 11) is 0. The predicted octanol–water partition coefficient (Wildman–Crippen LogP) is 4.97. The zero-order valence-electron chi connectivity index (χ0n) is 10.6. The molecule has 0 bridgehead atoms. The van der Waals surface area contributed by atoms with E-state index in [1.54, 1.807) is 0 Å². The van der Waals surface area contributed by atoms with E-state index >= 15 is 0 Å². The van der Waals surface area contributed by atoms with Crippen LogP contribution in [0.15, 0.2) is 18.3 Å². The van der Waals surface area contributed by atoms with Crippen molar-refractivity contribution < 1.29 is 0 Å². The van der Waals surface area contributed by atoms with Crippen LogP contribution in [0.4, 0.5) is 0 Å². The third-order valence-corrected chi connectivity index (χ3v) is 3.08. The number of rotatable bonds is 0. The largest absolute Gasteiger partial charge is 0.255 e. The second kappa shape index (κ2) is 7.41. The van der Waals surface area contributed by atoms with Crippen LogP contribution in [0.3, 0.4) is 0 Å². The van der Waals surface area contributed by atoms with Gasteiger partial charge in [0, 0.05) is 11.1 Å². The fraction of sp³-hybridized carbons (Fsp3) is 0.462. The van der Waals surface area contributed by atoms with Crippen LogP contribution in [-0.4, -0.2) is 4.98 Å². The van der Waals surface area contributed by atoms with Crippen molar-refractivity contribution in [3.05, 3.63) is 28.8 Å². The molecule has 2 rings (SSSR count). The molecule has 2 aromatic rings. The first-order valence-corrected chi connectivity index (χ1v) is 6.41. The van der Waals surface area contributed by atoms with E-state index in [1.807, 2.05) is 51.3 Å². The Hall–Kier alpha value is -0.890. The molecule has 0 spiro atoms. The maximum absolute atomic E-state index is 4.31. The van der Waals surface area contributed by atoms with Gasteiger partial charge < -0.3 is 0 Å². The summed E-state index contributed by atoms with van der Waals surface area (Å²) in [5.74, 6) is 0. The Bertz CT molecular complexity index is 390. The first-order chi connectivity index (χ1) is 7.29. The molecule has 84 valence electrons. The average Bonchev–Trinajstić information content (AvgIpc) is 2.61. The summed E-state index contributed by atoms with van der Waals surface area (Å²) in [4.78, 5) is 5.69. The molecule has 0 amide bonds. The summed E-state index contributed by atoms with van der Waals surface area (Å²) < 4.78 is 1.29. The van der Waals surface area contributed by atoms with Crippen LogP contribution in [0, 0.1) is 13.8 Å². The molecule has 15 heavy (non-hydrogen) atoms. The SMILES string of the molecule is CC.CC.Cc1sc2cccnc2c1C. The van der Waals surface area contributed by atoms with E-state index in [0.29, 0.717) is 0 Å². The van der Waals surface area contributed by atoms with Crippen LogP contribution in [-0.2, 0) is 0 Å². The molecule has 2 aromatic heterocycles. The van der Waals surface area contributed by atoms with Crippen molar-refractivity contribution >= 4 is 21.6 Å². The van der Waals surface area contributed by atoms with E-state index in [9.17, 15) is 0 Å². The molecular formula is C13H21NS. The average molecular weight is 223 g/mol. The van der Waals surface area contributed by atoms with Gasteiger partial charge in [-0.25, -0.2) is 0 Å². The van der Waals surface area contributed by atoms with Crippen molar-refractivity contribution in [2.75, 3.05) is 0 Å². The minimum absolute atomic E-state index is 1.16. The van der Waals surface area contributed by atoms with E-state index in [0.717, 1.165) is 5.52 Å². The number of hydrogen-bond donors (Lipinski definition) is 0. The van der Waals surface area contributed by atoms with Gasteiger partial charge >= 0.3 is 0 Å². The van der Waals surface area contributed by atoms with Crippen molar-refractivity contribution in [3.8, 4) is 0 Å².